The number of rotatable bonds is 2. The van der Waals surface area contributed by atoms with E-state index in [9.17, 15) is 0 Å². The van der Waals surface area contributed by atoms with Crippen LogP contribution in [-0.2, 0) is 8.85 Å². The van der Waals surface area contributed by atoms with Crippen molar-refractivity contribution in [1.82, 2.24) is 0 Å². The van der Waals surface area contributed by atoms with E-state index in [4.69, 9.17) is 4.80 Å². The van der Waals surface area contributed by atoms with Crippen molar-refractivity contribution in [2.45, 2.75) is 0 Å². The molecule has 3 nitrogen and oxygen atoms in total. The summed E-state index contributed by atoms with van der Waals surface area (Å²) < 4.78 is 8.74. The minimum absolute atomic E-state index is 0. The van der Waals surface area contributed by atoms with Gasteiger partial charge in [-0.15, -0.1) is 0 Å². The Kier molecular flexibility index (Phi) is 24.6. The van der Waals surface area contributed by atoms with E-state index in [2.05, 4.69) is 8.85 Å². The molecule has 0 rings (SSSR count). The van der Waals surface area contributed by atoms with Gasteiger partial charge >= 0.3 is 68.6 Å². The van der Waals surface area contributed by atoms with Crippen LogP contribution in [-0.4, -0.2) is 87.7 Å². The first-order valence-corrected chi connectivity index (χ1v) is 3.01. The Labute approximate surface area is 95.3 Å². The molecule has 0 spiro atoms. The van der Waals surface area contributed by atoms with Gasteiger partial charge in [-0.1, -0.05) is 0 Å². The van der Waals surface area contributed by atoms with Gasteiger partial charge in [0.1, 0.15) is 0 Å². The van der Waals surface area contributed by atoms with E-state index in [-0.39, 0.29) is 59.1 Å². The fourth-order valence-electron chi connectivity index (χ4n) is 0.0962. The van der Waals surface area contributed by atoms with E-state index < -0.39 is 9.53 Å². The van der Waals surface area contributed by atoms with Crippen LogP contribution in [0, 0.1) is 0 Å². The molecule has 0 aliphatic carbocycles. The minimum atomic E-state index is -2.16. The molecule has 0 heterocycles. The molecule has 0 fully saturated rings. The first-order chi connectivity index (χ1) is 2.81. The van der Waals surface area contributed by atoms with Gasteiger partial charge in [0.15, 0.2) is 0 Å². The summed E-state index contributed by atoms with van der Waals surface area (Å²) >= 11 is 0. The quantitative estimate of drug-likeness (QED) is 0.457. The predicted octanol–water partition coefficient (Wildman–Crippen LogP) is -2.31. The Morgan fingerprint density at radius 2 is 1.38 bits per heavy atom. The van der Waals surface area contributed by atoms with Crippen molar-refractivity contribution in [3.05, 3.63) is 0 Å². The fraction of sp³-hybridized carbons (Fsp3) is 1.00. The molecule has 0 saturated carbocycles. The topological polar surface area (TPSA) is 38.7 Å². The van der Waals surface area contributed by atoms with E-state index in [1.54, 1.807) is 0 Å². The van der Waals surface area contributed by atoms with E-state index >= 15 is 0 Å². The molecule has 0 radical (unpaired) electrons. The second-order valence-electron chi connectivity index (χ2n) is 0.778. The van der Waals surface area contributed by atoms with Gasteiger partial charge in [0.25, 0.3) is 0 Å². The molecule has 0 saturated heterocycles. The van der Waals surface area contributed by atoms with Crippen molar-refractivity contribution in [2.24, 2.45) is 0 Å². The van der Waals surface area contributed by atoms with Crippen LogP contribution in [0.25, 0.3) is 0 Å². The van der Waals surface area contributed by atoms with Crippen LogP contribution in [0.5, 0.6) is 0 Å². The third-order valence-electron chi connectivity index (χ3n) is 0.403. The second-order valence-corrected chi connectivity index (χ2v) is 2.34. The monoisotopic (exact) mass is 156 g/mol. The maximum atomic E-state index is 8.36. The summed E-state index contributed by atoms with van der Waals surface area (Å²) in [4.78, 5) is 8.36. The summed E-state index contributed by atoms with van der Waals surface area (Å²) in [7, 11) is 0.674. The zero-order valence-electron chi connectivity index (χ0n) is 3.84. The normalized spacial score (nSPS) is 7.50. The molecular weight excluding hydrogens is 146 g/mol. The molecular formula is C2H10Na2O3Si. The van der Waals surface area contributed by atoms with Crippen LogP contribution < -0.4 is 0 Å². The number of hydrogen-bond acceptors (Lipinski definition) is 3. The van der Waals surface area contributed by atoms with Crippen LogP contribution in [0.4, 0.5) is 0 Å². The van der Waals surface area contributed by atoms with Crippen molar-refractivity contribution in [1.29, 1.82) is 0 Å². The van der Waals surface area contributed by atoms with E-state index in [1.807, 2.05) is 0 Å². The van der Waals surface area contributed by atoms with Gasteiger partial charge in [0.05, 0.1) is 0 Å². The van der Waals surface area contributed by atoms with Crippen molar-refractivity contribution >= 4 is 68.6 Å². The summed E-state index contributed by atoms with van der Waals surface area (Å²) in [5.41, 5.74) is 0. The first-order valence-electron chi connectivity index (χ1n) is 1.55. The average Bonchev–Trinajstić information content (AvgIpc) is 1.65. The van der Waals surface area contributed by atoms with Gasteiger partial charge < -0.3 is 13.6 Å². The molecule has 0 aromatic heterocycles. The van der Waals surface area contributed by atoms with Crippen LogP contribution >= 0.6 is 0 Å². The molecule has 0 atom stereocenters. The van der Waals surface area contributed by atoms with E-state index in [0.29, 0.717) is 0 Å². The Hall–Kier alpha value is 2.10. The van der Waals surface area contributed by atoms with Crippen molar-refractivity contribution in [2.75, 3.05) is 14.2 Å². The molecule has 0 aromatic carbocycles. The summed E-state index contributed by atoms with van der Waals surface area (Å²) in [6, 6.07) is 0. The molecule has 0 unspecified atom stereocenters. The molecule has 42 valence electrons. The zero-order chi connectivity index (χ0) is 4.99. The van der Waals surface area contributed by atoms with E-state index in [1.165, 1.54) is 14.2 Å². The summed E-state index contributed by atoms with van der Waals surface area (Å²) in [6.07, 6.45) is 0. The molecule has 0 bridgehead atoms. The third-order valence-corrected chi connectivity index (χ3v) is 1.21. The van der Waals surface area contributed by atoms with Crippen LogP contribution in [0.1, 0.15) is 0 Å². The summed E-state index contributed by atoms with van der Waals surface area (Å²) in [5, 5.41) is 0. The van der Waals surface area contributed by atoms with Crippen molar-refractivity contribution in [3.8, 4) is 0 Å². The van der Waals surface area contributed by atoms with Gasteiger partial charge in [-0.2, -0.15) is 0 Å². The van der Waals surface area contributed by atoms with E-state index in [0.717, 1.165) is 0 Å². The van der Waals surface area contributed by atoms with Crippen LogP contribution in [0.15, 0.2) is 0 Å². The Morgan fingerprint density at radius 3 is 1.38 bits per heavy atom. The van der Waals surface area contributed by atoms with Gasteiger partial charge in [-0.3, -0.25) is 0 Å². The molecule has 1 N–H and O–H groups in total. The van der Waals surface area contributed by atoms with Crippen molar-refractivity contribution < 1.29 is 13.6 Å². The summed E-state index contributed by atoms with van der Waals surface area (Å²) in [6.45, 7) is 0. The third kappa shape index (κ3) is 11.0. The molecule has 0 aliphatic rings. The maximum absolute atomic E-state index is 8.36. The Bertz CT molecular complexity index is 34.5. The standard InChI is InChI=1S/C2H8O3Si.2Na.2H/c1-4-6(3)5-2;;;;/h3,6H,1-2H3;;;;. The van der Waals surface area contributed by atoms with Crippen LogP contribution in [0.3, 0.4) is 0 Å². The fourth-order valence-corrected chi connectivity index (χ4v) is 0.289. The Balaban J connectivity index is -0.000000125. The van der Waals surface area contributed by atoms with Gasteiger partial charge in [0, 0.05) is 14.2 Å². The second kappa shape index (κ2) is 11.8. The SMILES string of the molecule is CO[SiH](O)OC.[NaH].[NaH]. The first kappa shape index (κ1) is 16.6. The summed E-state index contributed by atoms with van der Waals surface area (Å²) in [5.74, 6) is 0. The predicted molar refractivity (Wildman–Crippen MR) is 37.7 cm³/mol. The van der Waals surface area contributed by atoms with Gasteiger partial charge in [-0.05, 0) is 0 Å². The molecule has 0 aromatic rings. The molecule has 6 heteroatoms. The molecule has 8 heavy (non-hydrogen) atoms. The molecule has 0 amide bonds. The Morgan fingerprint density at radius 1 is 1.12 bits per heavy atom. The number of hydrogen-bond donors (Lipinski definition) is 1. The van der Waals surface area contributed by atoms with Crippen molar-refractivity contribution in [3.63, 3.8) is 0 Å². The zero-order valence-corrected chi connectivity index (χ0v) is 5.00. The van der Waals surface area contributed by atoms with Gasteiger partial charge in [-0.25, -0.2) is 0 Å². The van der Waals surface area contributed by atoms with Crippen LogP contribution in [0.2, 0.25) is 0 Å². The molecule has 0 aliphatic heterocycles. The van der Waals surface area contributed by atoms with Gasteiger partial charge in [0.2, 0.25) is 0 Å². The average molecular weight is 156 g/mol.